The summed E-state index contributed by atoms with van der Waals surface area (Å²) in [6.45, 7) is 5.87. The van der Waals surface area contributed by atoms with Gasteiger partial charge >= 0.3 is 0 Å². The number of nitrogens with one attached hydrogen (secondary N) is 3. The van der Waals surface area contributed by atoms with E-state index in [0.29, 0.717) is 99.3 Å². The van der Waals surface area contributed by atoms with Crippen LogP contribution in [0.25, 0.3) is 0 Å². The van der Waals surface area contributed by atoms with Gasteiger partial charge in [-0.05, 0) is 69.1 Å². The molecule has 0 bridgehead atoms. The summed E-state index contributed by atoms with van der Waals surface area (Å²) < 4.78 is 2.88. The van der Waals surface area contributed by atoms with Gasteiger partial charge in [0, 0.05) is 132 Å². The molecule has 5 N–H and O–H groups in total. The minimum absolute atomic E-state index is 0.0671. The number of amides is 10. The third-order valence-corrected chi connectivity index (χ3v) is 17.3. The van der Waals surface area contributed by atoms with E-state index in [9.17, 15) is 43.2 Å². The first-order chi connectivity index (χ1) is 43.2. The first-order valence-corrected chi connectivity index (χ1v) is 33.4. The number of alkyl halides is 2. The Labute approximate surface area is 542 Å². The van der Waals surface area contributed by atoms with Gasteiger partial charge in [-0.25, -0.2) is 0 Å². The average molecular weight is 1320 g/mol. The topological polar surface area (TPSA) is 317 Å². The molecule has 0 spiro atoms. The lowest BCUT2D eigenvalue weighted by molar-refractivity contribution is -0.148. The van der Waals surface area contributed by atoms with E-state index in [1.54, 1.807) is 26.5 Å². The van der Waals surface area contributed by atoms with Crippen molar-refractivity contribution in [1.29, 1.82) is 0 Å². The molecular weight excluding hydrogens is 1220 g/mol. The van der Waals surface area contributed by atoms with Gasteiger partial charge in [-0.15, -0.1) is 33.4 Å². The Morgan fingerprint density at radius 1 is 0.644 bits per heavy atom. The first kappa shape index (κ1) is 73.7. The molecule has 27 nitrogen and oxygen atoms in total. The Morgan fingerprint density at radius 3 is 1.59 bits per heavy atom. The van der Waals surface area contributed by atoms with Crippen LogP contribution < -0.4 is 26.6 Å². The zero-order chi connectivity index (χ0) is 65.7. The molecule has 1 aromatic carbocycles. The molecule has 30 heteroatoms. The van der Waals surface area contributed by atoms with E-state index < -0.39 is 92.6 Å². The SMILES string of the molecule is CCCN(CC(=O)N(CCC)CC(=O)N(CC(N)=O)Cc1cn(C)nn1)C(=O)CN(CCC)C(=O)CN(CCC)C(=O)CN(Cc1cn(C)nn1)C(=O)C(CNC(=O)CCCc1ccc(N(CCCl)CCCl)cc1)NC(=O)CCCC[C@@H]1SC[C@@H]2NC(=O)C[C@@H]21. The summed E-state index contributed by atoms with van der Waals surface area (Å²) in [6.07, 6.45) is 8.80. The number of carbonyl (C=O) groups excluding carboxylic acids is 10. The van der Waals surface area contributed by atoms with Crippen LogP contribution >= 0.6 is 35.0 Å². The van der Waals surface area contributed by atoms with E-state index in [1.165, 1.54) is 38.8 Å². The number of rotatable bonds is 42. The maximum Gasteiger partial charge on any atom is 0.247 e. The highest BCUT2D eigenvalue weighted by molar-refractivity contribution is 8.00. The van der Waals surface area contributed by atoms with Crippen molar-refractivity contribution < 1.29 is 47.9 Å². The lowest BCUT2D eigenvalue weighted by atomic mass is 9.94. The van der Waals surface area contributed by atoms with Crippen molar-refractivity contribution in [3.63, 3.8) is 0 Å². The number of benzene rings is 1. The molecule has 4 atom stereocenters. The Bertz CT molecular complexity index is 2840. The number of nitrogens with zero attached hydrogens (tertiary/aromatic N) is 13. The van der Waals surface area contributed by atoms with Gasteiger partial charge in [-0.3, -0.25) is 57.3 Å². The molecule has 2 aliphatic rings. The molecular formula is C60H93Cl2N17O10S. The summed E-state index contributed by atoms with van der Waals surface area (Å²) in [6, 6.07) is 6.83. The molecule has 2 saturated heterocycles. The molecule has 0 radical (unpaired) electrons. The molecule has 4 heterocycles. The lowest BCUT2D eigenvalue weighted by Crippen LogP contribution is -2.56. The van der Waals surface area contributed by atoms with Crippen LogP contribution in [0.1, 0.15) is 115 Å². The highest BCUT2D eigenvalue weighted by atomic mass is 35.5. The third kappa shape index (κ3) is 24.3. The number of hydrogen-bond acceptors (Lipinski definition) is 16. The Balaban J connectivity index is 1.28. The van der Waals surface area contributed by atoms with Gasteiger partial charge in [0.25, 0.3) is 0 Å². The van der Waals surface area contributed by atoms with Crippen molar-refractivity contribution in [3.8, 4) is 0 Å². The fraction of sp³-hybridized carbons (Fsp3) is 0.667. The maximum atomic E-state index is 15.0. The third-order valence-electron chi connectivity index (χ3n) is 15.4. The van der Waals surface area contributed by atoms with Crippen molar-refractivity contribution in [1.82, 2.24) is 75.3 Å². The number of carbonyl (C=O) groups is 10. The second-order valence-corrected chi connectivity index (χ2v) is 24.9. The van der Waals surface area contributed by atoms with Crippen molar-refractivity contribution in [2.75, 3.05) is 107 Å². The largest absolute Gasteiger partial charge is 0.369 e. The number of unbranched alkanes of at least 4 members (excludes halogenated alkanes) is 1. The summed E-state index contributed by atoms with van der Waals surface area (Å²) >= 11 is 13.9. The highest BCUT2D eigenvalue weighted by Crippen LogP contribution is 2.40. The molecule has 90 heavy (non-hydrogen) atoms. The second kappa shape index (κ2) is 38.6. The van der Waals surface area contributed by atoms with Crippen LogP contribution in [0.2, 0.25) is 0 Å². The molecule has 0 aliphatic carbocycles. The van der Waals surface area contributed by atoms with Crippen LogP contribution in [0.3, 0.4) is 0 Å². The number of aromatic nitrogens is 6. The average Bonchev–Trinajstić information content (AvgIpc) is 1.82. The van der Waals surface area contributed by atoms with Gasteiger partial charge < -0.3 is 56.0 Å². The summed E-state index contributed by atoms with van der Waals surface area (Å²) in [4.78, 5) is 147. The molecule has 2 fully saturated rings. The summed E-state index contributed by atoms with van der Waals surface area (Å²) in [5.74, 6) is -2.94. The quantitative estimate of drug-likeness (QED) is 0.0465. The minimum Gasteiger partial charge on any atom is -0.369 e. The molecule has 498 valence electrons. The maximum absolute atomic E-state index is 15.0. The van der Waals surface area contributed by atoms with E-state index in [1.807, 2.05) is 63.7 Å². The number of nitrogens with two attached hydrogens (primary N) is 1. The second-order valence-electron chi connectivity index (χ2n) is 22.9. The number of hydrogen-bond donors (Lipinski definition) is 4. The Kier molecular flexibility index (Phi) is 31.6. The molecule has 0 saturated carbocycles. The van der Waals surface area contributed by atoms with Crippen molar-refractivity contribution in [3.05, 3.63) is 53.6 Å². The predicted octanol–water partition coefficient (Wildman–Crippen LogP) is 1.83. The van der Waals surface area contributed by atoms with E-state index in [-0.39, 0.29) is 82.4 Å². The molecule has 3 aromatic rings. The van der Waals surface area contributed by atoms with Gasteiger partial charge in [-0.2, -0.15) is 11.8 Å². The smallest absolute Gasteiger partial charge is 0.247 e. The van der Waals surface area contributed by atoms with Gasteiger partial charge in [0.05, 0.1) is 45.8 Å². The van der Waals surface area contributed by atoms with Crippen molar-refractivity contribution in [2.45, 2.75) is 135 Å². The molecule has 2 aromatic heterocycles. The number of fused-ring (bicyclic) bond motifs is 1. The summed E-state index contributed by atoms with van der Waals surface area (Å²) in [5.41, 5.74) is 8.22. The fourth-order valence-electron chi connectivity index (χ4n) is 11.0. The van der Waals surface area contributed by atoms with E-state index in [4.69, 9.17) is 28.9 Å². The number of primary amides is 1. The van der Waals surface area contributed by atoms with E-state index >= 15 is 4.79 Å². The van der Waals surface area contributed by atoms with Crippen LogP contribution in [0.4, 0.5) is 5.69 Å². The molecule has 2 aliphatic heterocycles. The standard InChI is InChI=1S/C60H93Cl2N17O10S/c1-7-24-74(37-55(84)75(25-8-2)38-57(86)77(27-10-4)40-59(88)78(36-51(63)80)34-44-32-71(5)69-67-44)56(85)39-76(26-9-3)58(87)41-79(35-45-33-72(6)70-68-45)60(89)48(65-53(82)16-12-11-15-50-47-30-54(83)66-49(47)42-90-50)31-64-52(81)17-13-14-43-18-20-46(21-19-43)73(28-22-61)29-23-62/h18-21,32-33,47-50H,7-17,22-31,34-42H2,1-6H3,(H2,63,80)(H,64,81)(H,65,82)(H,66,83)/t47-,48?,49-,50-/m0/s1. The fourth-order valence-corrected chi connectivity index (χ4v) is 13.0. The van der Waals surface area contributed by atoms with Crippen LogP contribution in [-0.4, -0.2) is 238 Å². The van der Waals surface area contributed by atoms with E-state index in [2.05, 4.69) is 41.5 Å². The summed E-state index contributed by atoms with van der Waals surface area (Å²) in [7, 11) is 3.30. The number of thioether (sulfide) groups is 1. The zero-order valence-corrected chi connectivity index (χ0v) is 55.5. The van der Waals surface area contributed by atoms with Crippen molar-refractivity contribution in [2.24, 2.45) is 25.7 Å². The van der Waals surface area contributed by atoms with Crippen LogP contribution in [-0.2, 0) is 81.6 Å². The number of aryl methyl sites for hydroxylation is 3. The molecule has 1 unspecified atom stereocenters. The normalized spacial score (nSPS) is 15.3. The monoisotopic (exact) mass is 1310 g/mol. The highest BCUT2D eigenvalue weighted by Gasteiger charge is 2.43. The van der Waals surface area contributed by atoms with Crippen LogP contribution in [0.5, 0.6) is 0 Å². The Morgan fingerprint density at radius 2 is 1.12 bits per heavy atom. The number of anilines is 1. The van der Waals surface area contributed by atoms with Gasteiger partial charge in [-0.1, -0.05) is 56.7 Å². The van der Waals surface area contributed by atoms with Gasteiger partial charge in [0.15, 0.2) is 0 Å². The molecule has 10 amide bonds. The predicted molar refractivity (Wildman–Crippen MR) is 342 cm³/mol. The Hall–Kier alpha value is -7.07. The molecule has 5 rings (SSSR count). The lowest BCUT2D eigenvalue weighted by Gasteiger charge is -2.32. The van der Waals surface area contributed by atoms with Crippen molar-refractivity contribution >= 4 is 99.7 Å². The van der Waals surface area contributed by atoms with E-state index in [0.717, 1.165) is 23.4 Å². The zero-order valence-electron chi connectivity index (χ0n) is 53.1. The van der Waals surface area contributed by atoms with Crippen LogP contribution in [0, 0.1) is 5.92 Å². The van der Waals surface area contributed by atoms with Gasteiger partial charge in [0.1, 0.15) is 24.0 Å². The number of halogens is 2. The van der Waals surface area contributed by atoms with Crippen LogP contribution in [0.15, 0.2) is 36.7 Å². The first-order valence-electron chi connectivity index (χ1n) is 31.3. The van der Waals surface area contributed by atoms with Gasteiger partial charge in [0.2, 0.25) is 59.1 Å². The minimum atomic E-state index is -1.32. The summed E-state index contributed by atoms with van der Waals surface area (Å²) in [5, 5.41) is 25.2.